The molecule has 0 aliphatic rings. The molecule has 11 heteroatoms. The van der Waals surface area contributed by atoms with E-state index in [4.69, 9.17) is 50.8 Å². The second-order valence-corrected chi connectivity index (χ2v) is 6.42. The van der Waals surface area contributed by atoms with E-state index in [1.807, 2.05) is 22.6 Å². The zero-order valence-corrected chi connectivity index (χ0v) is 16.6. The average molecular weight is 518 g/mol. The minimum Gasteiger partial charge on any atom is -0.461 e. The van der Waals surface area contributed by atoms with Gasteiger partial charge in [0.05, 0.1) is 9.83 Å². The van der Waals surface area contributed by atoms with Crippen LogP contribution in [0.5, 0.6) is 0 Å². The van der Waals surface area contributed by atoms with E-state index in [1.54, 1.807) is 6.07 Å². The highest BCUT2D eigenvalue weighted by Gasteiger charge is 2.20. The van der Waals surface area contributed by atoms with Gasteiger partial charge in [0, 0.05) is 0 Å². The van der Waals surface area contributed by atoms with Crippen molar-refractivity contribution in [3.8, 4) is 0 Å². The van der Waals surface area contributed by atoms with Gasteiger partial charge in [-0.1, -0.05) is 46.4 Å². The highest BCUT2D eigenvalue weighted by atomic mass is 127. The molecular weight excluding hydrogens is 513 g/mol. The van der Waals surface area contributed by atoms with Crippen LogP contribution in [0.4, 0.5) is 0 Å². The fourth-order valence-electron chi connectivity index (χ4n) is 1.39. The Morgan fingerprint density at radius 2 is 1.42 bits per heavy atom. The van der Waals surface area contributed by atoms with Gasteiger partial charge in [-0.15, -0.1) is 0 Å². The molecule has 0 radical (unpaired) electrons. The second-order valence-electron chi connectivity index (χ2n) is 3.91. The van der Waals surface area contributed by atoms with Crippen LogP contribution in [0.25, 0.3) is 0 Å². The summed E-state index contributed by atoms with van der Waals surface area (Å²) in [6.07, 6.45) is 3.90. The van der Waals surface area contributed by atoms with Gasteiger partial charge in [-0.2, -0.15) is 0 Å². The molecule has 0 aromatic carbocycles. The molecule has 3 aromatic rings. The SMILES string of the molecule is Clc1ncnc(Cl)c1I.O=C(c1ccco1)c1c(Cl)ncnc1Cl. The Balaban J connectivity index is 0.000000198. The monoisotopic (exact) mass is 516 g/mol. The van der Waals surface area contributed by atoms with Crippen molar-refractivity contribution >= 4 is 74.8 Å². The number of hydrogen-bond acceptors (Lipinski definition) is 6. The fraction of sp³-hybridized carbons (Fsp3) is 0. The first kappa shape index (κ1) is 19.3. The predicted molar refractivity (Wildman–Crippen MR) is 99.0 cm³/mol. The first-order valence-electron chi connectivity index (χ1n) is 5.97. The van der Waals surface area contributed by atoms with Gasteiger partial charge < -0.3 is 4.42 Å². The van der Waals surface area contributed by atoms with E-state index in [0.717, 1.165) is 0 Å². The van der Waals surface area contributed by atoms with E-state index in [0.29, 0.717) is 13.9 Å². The summed E-state index contributed by atoms with van der Waals surface area (Å²) in [6, 6.07) is 3.11. The van der Waals surface area contributed by atoms with E-state index in [2.05, 4.69) is 19.9 Å². The second kappa shape index (κ2) is 8.91. The molecule has 0 saturated heterocycles. The van der Waals surface area contributed by atoms with Crippen LogP contribution in [0.15, 0.2) is 35.5 Å². The molecule has 0 bridgehead atoms. The van der Waals surface area contributed by atoms with Gasteiger partial charge in [-0.3, -0.25) is 4.79 Å². The molecule has 0 atom stereocenters. The summed E-state index contributed by atoms with van der Waals surface area (Å²) < 4.78 is 5.63. The Hall–Kier alpha value is -1.00. The number of ketones is 1. The topological polar surface area (TPSA) is 81.8 Å². The Morgan fingerprint density at radius 3 is 1.83 bits per heavy atom. The van der Waals surface area contributed by atoms with E-state index in [9.17, 15) is 4.79 Å². The van der Waals surface area contributed by atoms with Crippen LogP contribution in [-0.4, -0.2) is 25.7 Å². The largest absolute Gasteiger partial charge is 0.461 e. The summed E-state index contributed by atoms with van der Waals surface area (Å²) in [5.74, 6) is -0.288. The number of hydrogen-bond donors (Lipinski definition) is 0. The van der Waals surface area contributed by atoms with Crippen molar-refractivity contribution in [3.05, 3.63) is 66.6 Å². The normalized spacial score (nSPS) is 10.0. The van der Waals surface area contributed by atoms with Crippen LogP contribution in [0.2, 0.25) is 20.6 Å². The van der Waals surface area contributed by atoms with Crippen molar-refractivity contribution in [2.75, 3.05) is 0 Å². The van der Waals surface area contributed by atoms with Crippen LogP contribution in [0, 0.1) is 3.57 Å². The lowest BCUT2D eigenvalue weighted by molar-refractivity contribution is 0.101. The molecule has 3 rings (SSSR count). The maximum Gasteiger partial charge on any atom is 0.234 e. The van der Waals surface area contributed by atoms with Gasteiger partial charge in [-0.25, -0.2) is 19.9 Å². The molecule has 0 N–H and O–H groups in total. The number of nitrogens with zero attached hydrogens (tertiary/aromatic N) is 4. The van der Waals surface area contributed by atoms with Gasteiger partial charge >= 0.3 is 0 Å². The summed E-state index contributed by atoms with van der Waals surface area (Å²) in [5, 5.41) is 0.819. The zero-order chi connectivity index (χ0) is 17.7. The van der Waals surface area contributed by atoms with E-state index in [1.165, 1.54) is 25.0 Å². The van der Waals surface area contributed by atoms with E-state index in [-0.39, 0.29) is 21.6 Å². The number of halogens is 5. The van der Waals surface area contributed by atoms with Crippen LogP contribution in [-0.2, 0) is 0 Å². The maximum absolute atomic E-state index is 11.8. The Labute approximate surface area is 169 Å². The molecule has 0 unspecified atom stereocenters. The van der Waals surface area contributed by atoms with Crippen molar-refractivity contribution in [1.82, 2.24) is 19.9 Å². The van der Waals surface area contributed by atoms with E-state index >= 15 is 0 Å². The molecule has 3 aromatic heterocycles. The van der Waals surface area contributed by atoms with E-state index < -0.39 is 5.78 Å². The highest BCUT2D eigenvalue weighted by molar-refractivity contribution is 14.1. The molecule has 0 amide bonds. The number of carbonyl (C=O) groups is 1. The lowest BCUT2D eigenvalue weighted by atomic mass is 10.2. The first-order chi connectivity index (χ1) is 11.4. The summed E-state index contributed by atoms with van der Waals surface area (Å²) in [4.78, 5) is 26.6. The summed E-state index contributed by atoms with van der Waals surface area (Å²) in [6.45, 7) is 0. The van der Waals surface area contributed by atoms with Crippen LogP contribution in [0.3, 0.4) is 0 Å². The zero-order valence-electron chi connectivity index (χ0n) is 11.4. The molecule has 3 heterocycles. The van der Waals surface area contributed by atoms with Crippen molar-refractivity contribution in [2.24, 2.45) is 0 Å². The lowest BCUT2D eigenvalue weighted by Crippen LogP contribution is -2.04. The van der Waals surface area contributed by atoms with Crippen molar-refractivity contribution in [2.45, 2.75) is 0 Å². The number of carbonyl (C=O) groups excluding carboxylic acids is 1. The molecule has 124 valence electrons. The number of furan rings is 1. The van der Waals surface area contributed by atoms with Gasteiger partial charge in [0.15, 0.2) is 5.76 Å². The smallest absolute Gasteiger partial charge is 0.234 e. The van der Waals surface area contributed by atoms with Gasteiger partial charge in [-0.05, 0) is 34.7 Å². The molecular formula is C13H5Cl4IN4O2. The molecule has 0 spiro atoms. The third kappa shape index (κ3) is 4.76. The summed E-state index contributed by atoms with van der Waals surface area (Å²) in [7, 11) is 0. The van der Waals surface area contributed by atoms with Gasteiger partial charge in [0.1, 0.15) is 38.8 Å². The summed E-state index contributed by atoms with van der Waals surface area (Å²) in [5.41, 5.74) is 0.0517. The molecule has 0 aliphatic carbocycles. The molecule has 0 saturated carbocycles. The number of rotatable bonds is 2. The van der Waals surface area contributed by atoms with Gasteiger partial charge in [0.25, 0.3) is 0 Å². The Bertz CT molecular complexity index is 821. The number of aromatic nitrogens is 4. The minimum absolute atomic E-state index is 0.0106. The van der Waals surface area contributed by atoms with Gasteiger partial charge in [0.2, 0.25) is 5.78 Å². The first-order valence-corrected chi connectivity index (χ1v) is 8.56. The predicted octanol–water partition coefficient (Wildman–Crippen LogP) is 5.00. The van der Waals surface area contributed by atoms with Crippen molar-refractivity contribution in [3.63, 3.8) is 0 Å². The molecule has 6 nitrogen and oxygen atoms in total. The lowest BCUT2D eigenvalue weighted by Gasteiger charge is -2.01. The average Bonchev–Trinajstić information content (AvgIpc) is 3.07. The minimum atomic E-state index is -0.435. The van der Waals surface area contributed by atoms with Crippen LogP contribution >= 0.6 is 69.0 Å². The quantitative estimate of drug-likeness (QED) is 0.270. The Morgan fingerprint density at radius 1 is 0.917 bits per heavy atom. The third-order valence-electron chi connectivity index (χ3n) is 2.43. The molecule has 0 aliphatic heterocycles. The van der Waals surface area contributed by atoms with Crippen LogP contribution < -0.4 is 0 Å². The van der Waals surface area contributed by atoms with Crippen molar-refractivity contribution < 1.29 is 9.21 Å². The standard InChI is InChI=1S/C9H4Cl2N2O2.C4HCl2IN2/c10-8-6(9(11)13-4-12-8)7(14)5-2-1-3-15-5;5-3-2(7)4(6)9-1-8-3/h1-4H;1H. The maximum atomic E-state index is 11.8. The van der Waals surface area contributed by atoms with Crippen molar-refractivity contribution in [1.29, 1.82) is 0 Å². The summed E-state index contributed by atoms with van der Waals surface area (Å²) >= 11 is 24.6. The Kier molecular flexibility index (Phi) is 7.17. The highest BCUT2D eigenvalue weighted by Crippen LogP contribution is 2.23. The van der Waals surface area contributed by atoms with Crippen LogP contribution in [0.1, 0.15) is 16.1 Å². The third-order valence-corrected chi connectivity index (χ3v) is 5.24. The fourth-order valence-corrected chi connectivity index (χ4v) is 2.47. The molecule has 0 fully saturated rings. The molecule has 24 heavy (non-hydrogen) atoms.